The highest BCUT2D eigenvalue weighted by Gasteiger charge is 2.48. The summed E-state index contributed by atoms with van der Waals surface area (Å²) >= 11 is 7.28. The summed E-state index contributed by atoms with van der Waals surface area (Å²) in [5.41, 5.74) is 1.47. The van der Waals surface area contributed by atoms with Crippen LogP contribution in [0.5, 0.6) is 17.2 Å². The molecule has 0 aliphatic carbocycles. The summed E-state index contributed by atoms with van der Waals surface area (Å²) in [6.07, 6.45) is 0. The average molecular weight is 515 g/mol. The Morgan fingerprint density at radius 2 is 1.63 bits per heavy atom. The fourth-order valence-corrected chi connectivity index (χ4v) is 4.99. The molecule has 10 heteroatoms. The summed E-state index contributed by atoms with van der Waals surface area (Å²) < 4.78 is 16.4. The van der Waals surface area contributed by atoms with Crippen molar-refractivity contribution in [2.75, 3.05) is 26.2 Å². The molecule has 4 rings (SSSR count). The molecule has 1 N–H and O–H groups in total. The first kappa shape index (κ1) is 24.6. The summed E-state index contributed by atoms with van der Waals surface area (Å²) in [6.45, 7) is 3.71. The van der Waals surface area contributed by atoms with Gasteiger partial charge in [-0.2, -0.15) is 0 Å². The molecule has 1 amide bonds. The second kappa shape index (κ2) is 9.59. The Morgan fingerprint density at radius 3 is 2.11 bits per heavy atom. The predicted molar refractivity (Wildman–Crippen MR) is 134 cm³/mol. The van der Waals surface area contributed by atoms with Gasteiger partial charge in [0.05, 0.1) is 38.6 Å². The highest BCUT2D eigenvalue weighted by atomic mass is 35.5. The van der Waals surface area contributed by atoms with E-state index in [9.17, 15) is 14.7 Å². The summed E-state index contributed by atoms with van der Waals surface area (Å²) in [6, 6.07) is 8.64. The third kappa shape index (κ3) is 4.21. The Kier molecular flexibility index (Phi) is 6.73. The van der Waals surface area contributed by atoms with Crippen molar-refractivity contribution in [3.05, 3.63) is 68.7 Å². The molecule has 1 atom stereocenters. The third-order valence-electron chi connectivity index (χ3n) is 5.79. The van der Waals surface area contributed by atoms with Crippen LogP contribution in [0.2, 0.25) is 5.02 Å². The van der Waals surface area contributed by atoms with E-state index in [4.69, 9.17) is 25.8 Å². The zero-order valence-electron chi connectivity index (χ0n) is 19.7. The summed E-state index contributed by atoms with van der Waals surface area (Å²) in [4.78, 5) is 33.4. The maximum atomic E-state index is 13.3. The number of aryl methyl sites for hydroxylation is 2. The Bertz CT molecular complexity index is 1300. The van der Waals surface area contributed by atoms with Crippen molar-refractivity contribution in [2.24, 2.45) is 0 Å². The van der Waals surface area contributed by atoms with Crippen molar-refractivity contribution in [1.82, 2.24) is 4.98 Å². The quantitative estimate of drug-likeness (QED) is 0.279. The van der Waals surface area contributed by atoms with Gasteiger partial charge in [0, 0.05) is 15.5 Å². The highest BCUT2D eigenvalue weighted by molar-refractivity contribution is 7.16. The zero-order chi connectivity index (χ0) is 25.4. The van der Waals surface area contributed by atoms with Gasteiger partial charge in [0.2, 0.25) is 5.75 Å². The van der Waals surface area contributed by atoms with Gasteiger partial charge in [-0.25, -0.2) is 4.98 Å². The monoisotopic (exact) mass is 514 g/mol. The molecular formula is C25H23ClN2O6S. The van der Waals surface area contributed by atoms with Crippen molar-refractivity contribution in [1.29, 1.82) is 0 Å². The molecule has 1 aliphatic rings. The van der Waals surface area contributed by atoms with E-state index in [1.807, 2.05) is 13.8 Å². The number of carbonyl (C=O) groups excluding carboxylic acids is 2. The number of benzene rings is 2. The number of anilines is 1. The lowest BCUT2D eigenvalue weighted by atomic mass is 9.95. The van der Waals surface area contributed by atoms with Crippen LogP contribution in [-0.2, 0) is 9.59 Å². The number of aliphatic hydroxyl groups excluding tert-OH is 1. The SMILES string of the molecule is COc1cc([C@@H]2/C(=C(\O)c3ccc(Cl)cc3)C(=O)C(=O)N2c2nc(C)c(C)s2)cc(OC)c1OC. The molecule has 35 heavy (non-hydrogen) atoms. The maximum absolute atomic E-state index is 13.3. The van der Waals surface area contributed by atoms with Crippen LogP contribution in [0.4, 0.5) is 5.13 Å². The molecule has 3 aromatic rings. The van der Waals surface area contributed by atoms with Crippen LogP contribution in [0.15, 0.2) is 42.0 Å². The van der Waals surface area contributed by atoms with Gasteiger partial charge in [-0.15, -0.1) is 11.3 Å². The van der Waals surface area contributed by atoms with Gasteiger partial charge < -0.3 is 19.3 Å². The minimum absolute atomic E-state index is 0.0860. The van der Waals surface area contributed by atoms with Gasteiger partial charge >= 0.3 is 5.91 Å². The number of aliphatic hydroxyl groups is 1. The number of nitrogens with zero attached hydrogens (tertiary/aromatic N) is 2. The van der Waals surface area contributed by atoms with Gasteiger partial charge in [0.25, 0.3) is 5.78 Å². The van der Waals surface area contributed by atoms with Crippen molar-refractivity contribution < 1.29 is 28.9 Å². The molecule has 0 radical (unpaired) electrons. The third-order valence-corrected chi connectivity index (χ3v) is 7.11. The van der Waals surface area contributed by atoms with E-state index in [0.29, 0.717) is 38.5 Å². The minimum Gasteiger partial charge on any atom is -0.507 e. The number of thiazole rings is 1. The Hall–Kier alpha value is -3.56. The van der Waals surface area contributed by atoms with Crippen LogP contribution in [0.3, 0.4) is 0 Å². The number of ether oxygens (including phenoxy) is 3. The average Bonchev–Trinajstić information content (AvgIpc) is 3.32. The molecule has 0 spiro atoms. The van der Waals surface area contributed by atoms with Crippen molar-refractivity contribution in [2.45, 2.75) is 19.9 Å². The van der Waals surface area contributed by atoms with E-state index in [2.05, 4.69) is 4.98 Å². The second-order valence-electron chi connectivity index (χ2n) is 7.77. The molecule has 0 unspecified atom stereocenters. The molecule has 0 bridgehead atoms. The Morgan fingerprint density at radius 1 is 1.03 bits per heavy atom. The number of ketones is 1. The first-order valence-corrected chi connectivity index (χ1v) is 11.7. The van der Waals surface area contributed by atoms with Gasteiger partial charge in [-0.05, 0) is 55.8 Å². The summed E-state index contributed by atoms with van der Waals surface area (Å²) in [5.74, 6) is -0.925. The van der Waals surface area contributed by atoms with E-state index in [-0.39, 0.29) is 11.3 Å². The molecular weight excluding hydrogens is 492 g/mol. The molecule has 2 aromatic carbocycles. The van der Waals surface area contributed by atoms with Crippen molar-refractivity contribution >= 4 is 45.5 Å². The minimum atomic E-state index is -0.996. The van der Waals surface area contributed by atoms with Crippen molar-refractivity contribution in [3.63, 3.8) is 0 Å². The van der Waals surface area contributed by atoms with Gasteiger partial charge in [0.1, 0.15) is 5.76 Å². The van der Waals surface area contributed by atoms with E-state index in [1.54, 1.807) is 36.4 Å². The molecule has 1 aliphatic heterocycles. The van der Waals surface area contributed by atoms with Crippen LogP contribution in [0.25, 0.3) is 5.76 Å². The van der Waals surface area contributed by atoms with Crippen LogP contribution in [0, 0.1) is 13.8 Å². The highest BCUT2D eigenvalue weighted by Crippen LogP contribution is 2.47. The van der Waals surface area contributed by atoms with Gasteiger partial charge in [-0.3, -0.25) is 14.5 Å². The molecule has 1 aromatic heterocycles. The number of rotatable bonds is 6. The lowest BCUT2D eigenvalue weighted by molar-refractivity contribution is -0.132. The number of Topliss-reactive ketones (excluding diaryl/α,β-unsaturated/α-hetero) is 1. The fraction of sp³-hybridized carbons (Fsp3) is 0.240. The zero-order valence-corrected chi connectivity index (χ0v) is 21.3. The topological polar surface area (TPSA) is 98.2 Å². The van der Waals surface area contributed by atoms with E-state index >= 15 is 0 Å². The first-order valence-electron chi connectivity index (χ1n) is 10.5. The number of hydrogen-bond acceptors (Lipinski definition) is 8. The largest absolute Gasteiger partial charge is 0.507 e. The Balaban J connectivity index is 2.01. The second-order valence-corrected chi connectivity index (χ2v) is 9.39. The lowest BCUT2D eigenvalue weighted by Gasteiger charge is -2.24. The van der Waals surface area contributed by atoms with Gasteiger partial charge in [0.15, 0.2) is 16.6 Å². The number of carbonyl (C=O) groups is 2. The summed E-state index contributed by atoms with van der Waals surface area (Å²) in [5, 5.41) is 12.1. The number of hydrogen-bond donors (Lipinski definition) is 1. The summed E-state index contributed by atoms with van der Waals surface area (Å²) in [7, 11) is 4.42. The standard InChI is InChI=1S/C25H23ClN2O6S/c1-12-13(2)35-25(27-12)28-20(15-10-17(32-3)23(34-5)18(11-15)33-4)19(22(30)24(28)31)21(29)14-6-8-16(26)9-7-14/h6-11,20,29H,1-5H3/b21-19+/t20-/m1/s1. The normalized spacial score (nSPS) is 17.1. The fourth-order valence-electron chi connectivity index (χ4n) is 3.93. The molecule has 8 nitrogen and oxygen atoms in total. The molecule has 2 heterocycles. The van der Waals surface area contributed by atoms with Crippen molar-refractivity contribution in [3.8, 4) is 17.2 Å². The van der Waals surface area contributed by atoms with Crippen LogP contribution in [-0.4, -0.2) is 43.1 Å². The van der Waals surface area contributed by atoms with Crippen LogP contribution < -0.4 is 19.1 Å². The van der Waals surface area contributed by atoms with Crippen LogP contribution >= 0.6 is 22.9 Å². The molecule has 1 saturated heterocycles. The number of halogens is 1. The van der Waals surface area contributed by atoms with E-state index in [1.165, 1.54) is 37.6 Å². The number of methoxy groups -OCH3 is 3. The Labute approximate surface area is 211 Å². The van der Waals surface area contributed by atoms with Crippen LogP contribution in [0.1, 0.15) is 27.7 Å². The smallest absolute Gasteiger partial charge is 0.301 e. The van der Waals surface area contributed by atoms with E-state index < -0.39 is 17.7 Å². The maximum Gasteiger partial charge on any atom is 0.301 e. The van der Waals surface area contributed by atoms with Gasteiger partial charge in [-0.1, -0.05) is 11.6 Å². The number of amides is 1. The van der Waals surface area contributed by atoms with E-state index in [0.717, 1.165) is 10.6 Å². The lowest BCUT2D eigenvalue weighted by Crippen LogP contribution is -2.29. The number of aromatic nitrogens is 1. The molecule has 0 saturated carbocycles. The first-order chi connectivity index (χ1) is 16.7. The predicted octanol–water partition coefficient (Wildman–Crippen LogP) is 5.07. The molecule has 182 valence electrons. The molecule has 1 fully saturated rings.